The Labute approximate surface area is 125 Å². The van der Waals surface area contributed by atoms with E-state index >= 15 is 0 Å². The maximum Gasteiger partial charge on any atom is 0.283 e. The van der Waals surface area contributed by atoms with Crippen molar-refractivity contribution in [3.8, 4) is 5.82 Å². The van der Waals surface area contributed by atoms with Crippen LogP contribution in [0.3, 0.4) is 0 Å². The SMILES string of the molecule is Cc1c(C(=O)N=C(N)N)cnn1-c1nncc2ccccc12. The fourth-order valence-corrected chi connectivity index (χ4v) is 2.18. The molecule has 4 N–H and O–H groups in total. The van der Waals surface area contributed by atoms with Crippen molar-refractivity contribution in [1.29, 1.82) is 0 Å². The first-order valence-corrected chi connectivity index (χ1v) is 6.47. The van der Waals surface area contributed by atoms with E-state index in [2.05, 4.69) is 20.3 Å². The number of carbonyl (C=O) groups excluding carboxylic acids is 1. The van der Waals surface area contributed by atoms with Crippen molar-refractivity contribution in [2.24, 2.45) is 16.5 Å². The summed E-state index contributed by atoms with van der Waals surface area (Å²) in [7, 11) is 0. The van der Waals surface area contributed by atoms with Gasteiger partial charge in [0.15, 0.2) is 11.8 Å². The summed E-state index contributed by atoms with van der Waals surface area (Å²) < 4.78 is 1.55. The van der Waals surface area contributed by atoms with E-state index in [9.17, 15) is 4.79 Å². The molecule has 3 rings (SSSR count). The Morgan fingerprint density at radius 1 is 1.23 bits per heavy atom. The number of aliphatic imine (C=N–C) groups is 1. The summed E-state index contributed by atoms with van der Waals surface area (Å²) in [5, 5.41) is 14.1. The van der Waals surface area contributed by atoms with Crippen LogP contribution >= 0.6 is 0 Å². The Morgan fingerprint density at radius 2 is 2.00 bits per heavy atom. The third kappa shape index (κ3) is 2.26. The Morgan fingerprint density at radius 3 is 2.77 bits per heavy atom. The molecular formula is C14H13N7O. The third-order valence-electron chi connectivity index (χ3n) is 3.22. The number of aromatic nitrogens is 4. The van der Waals surface area contributed by atoms with E-state index in [1.54, 1.807) is 17.8 Å². The minimum Gasteiger partial charge on any atom is -0.370 e. The van der Waals surface area contributed by atoms with Crippen LogP contribution in [0.25, 0.3) is 16.6 Å². The minimum atomic E-state index is -0.544. The number of fused-ring (bicyclic) bond motifs is 1. The summed E-state index contributed by atoms with van der Waals surface area (Å²) in [6.45, 7) is 1.74. The summed E-state index contributed by atoms with van der Waals surface area (Å²) in [5.74, 6) is -0.293. The maximum atomic E-state index is 11.9. The van der Waals surface area contributed by atoms with E-state index in [1.807, 2.05) is 24.3 Å². The lowest BCUT2D eigenvalue weighted by Crippen LogP contribution is -2.24. The Kier molecular flexibility index (Phi) is 3.26. The van der Waals surface area contributed by atoms with Gasteiger partial charge in [-0.05, 0) is 6.92 Å². The molecule has 8 nitrogen and oxygen atoms in total. The largest absolute Gasteiger partial charge is 0.370 e. The molecule has 2 aromatic heterocycles. The van der Waals surface area contributed by atoms with Crippen LogP contribution in [0.4, 0.5) is 0 Å². The smallest absolute Gasteiger partial charge is 0.283 e. The first kappa shape index (κ1) is 13.7. The van der Waals surface area contributed by atoms with Crippen molar-refractivity contribution in [1.82, 2.24) is 20.0 Å². The monoisotopic (exact) mass is 295 g/mol. The fourth-order valence-electron chi connectivity index (χ4n) is 2.18. The molecule has 0 saturated heterocycles. The Hall–Kier alpha value is -3.29. The average Bonchev–Trinajstić information content (AvgIpc) is 2.87. The van der Waals surface area contributed by atoms with E-state index in [0.717, 1.165) is 10.8 Å². The zero-order chi connectivity index (χ0) is 15.7. The molecule has 0 bridgehead atoms. The number of benzene rings is 1. The lowest BCUT2D eigenvalue weighted by molar-refractivity contribution is 0.100. The van der Waals surface area contributed by atoms with E-state index in [-0.39, 0.29) is 5.96 Å². The third-order valence-corrected chi connectivity index (χ3v) is 3.22. The first-order valence-electron chi connectivity index (χ1n) is 6.47. The van der Waals surface area contributed by atoms with Crippen molar-refractivity contribution in [2.45, 2.75) is 6.92 Å². The fraction of sp³-hybridized carbons (Fsp3) is 0.0714. The van der Waals surface area contributed by atoms with Crippen molar-refractivity contribution in [3.63, 3.8) is 0 Å². The summed E-state index contributed by atoms with van der Waals surface area (Å²) >= 11 is 0. The highest BCUT2D eigenvalue weighted by molar-refractivity contribution is 6.02. The van der Waals surface area contributed by atoms with Crippen LogP contribution in [-0.2, 0) is 0 Å². The maximum absolute atomic E-state index is 11.9. The van der Waals surface area contributed by atoms with E-state index in [0.29, 0.717) is 17.1 Å². The van der Waals surface area contributed by atoms with E-state index in [1.165, 1.54) is 6.20 Å². The molecule has 0 atom stereocenters. The molecule has 3 aromatic rings. The van der Waals surface area contributed by atoms with Gasteiger partial charge in [-0.15, -0.1) is 5.10 Å². The highest BCUT2D eigenvalue weighted by atomic mass is 16.1. The van der Waals surface area contributed by atoms with E-state index < -0.39 is 5.91 Å². The number of guanidine groups is 1. The first-order chi connectivity index (χ1) is 10.6. The lowest BCUT2D eigenvalue weighted by Gasteiger charge is -2.06. The molecule has 8 heteroatoms. The van der Waals surface area contributed by atoms with Gasteiger partial charge in [-0.2, -0.15) is 15.2 Å². The Bertz CT molecular complexity index is 888. The van der Waals surface area contributed by atoms with Crippen molar-refractivity contribution in [3.05, 3.63) is 47.9 Å². The second kappa shape index (κ2) is 5.24. The van der Waals surface area contributed by atoms with Gasteiger partial charge in [0.05, 0.1) is 23.7 Å². The zero-order valence-corrected chi connectivity index (χ0v) is 11.8. The number of hydrogen-bond donors (Lipinski definition) is 2. The molecule has 110 valence electrons. The average molecular weight is 295 g/mol. The molecule has 0 aliphatic rings. The number of nitrogens with two attached hydrogens (primary N) is 2. The molecule has 2 heterocycles. The van der Waals surface area contributed by atoms with Crippen LogP contribution in [0.1, 0.15) is 16.1 Å². The normalized spacial score (nSPS) is 10.6. The standard InChI is InChI=1S/C14H13N7O/c1-8-11(13(22)19-14(15)16)7-18-21(8)12-10-5-3-2-4-9(10)6-17-20-12/h2-7H,1H3,(H4,15,16,19,22). The van der Waals surface area contributed by atoms with Gasteiger partial charge < -0.3 is 11.5 Å². The topological polar surface area (TPSA) is 125 Å². The molecule has 22 heavy (non-hydrogen) atoms. The number of amides is 1. The highest BCUT2D eigenvalue weighted by Crippen LogP contribution is 2.21. The quantitative estimate of drug-likeness (QED) is 0.525. The van der Waals surface area contributed by atoms with Crippen molar-refractivity contribution in [2.75, 3.05) is 0 Å². The van der Waals surface area contributed by atoms with Gasteiger partial charge in [0.2, 0.25) is 0 Å². The van der Waals surface area contributed by atoms with Crippen LogP contribution in [0, 0.1) is 6.92 Å². The van der Waals surface area contributed by atoms with Crippen LogP contribution in [0.15, 0.2) is 41.7 Å². The highest BCUT2D eigenvalue weighted by Gasteiger charge is 2.17. The van der Waals surface area contributed by atoms with Gasteiger partial charge in [0, 0.05) is 10.8 Å². The number of nitrogens with zero attached hydrogens (tertiary/aromatic N) is 5. The summed E-state index contributed by atoms with van der Waals surface area (Å²) in [6.07, 6.45) is 3.08. The van der Waals surface area contributed by atoms with Crippen LogP contribution < -0.4 is 11.5 Å². The predicted octanol–water partition coefficient (Wildman–Crippen LogP) is 0.538. The second-order valence-electron chi connectivity index (χ2n) is 4.65. The molecule has 0 aliphatic carbocycles. The lowest BCUT2D eigenvalue weighted by atomic mass is 10.2. The van der Waals surface area contributed by atoms with Crippen LogP contribution in [-0.4, -0.2) is 31.8 Å². The molecule has 0 fully saturated rings. The number of hydrogen-bond acceptors (Lipinski definition) is 4. The molecule has 0 aliphatic heterocycles. The molecule has 1 aromatic carbocycles. The molecule has 0 unspecified atom stereocenters. The molecular weight excluding hydrogens is 282 g/mol. The van der Waals surface area contributed by atoms with Gasteiger partial charge in [-0.25, -0.2) is 4.68 Å². The molecule has 0 radical (unpaired) electrons. The number of rotatable bonds is 2. The van der Waals surface area contributed by atoms with Crippen LogP contribution in [0.5, 0.6) is 0 Å². The molecule has 0 saturated carbocycles. The van der Waals surface area contributed by atoms with Gasteiger partial charge in [-0.1, -0.05) is 24.3 Å². The van der Waals surface area contributed by atoms with Gasteiger partial charge in [0.25, 0.3) is 5.91 Å². The van der Waals surface area contributed by atoms with Crippen molar-refractivity contribution < 1.29 is 4.79 Å². The zero-order valence-electron chi connectivity index (χ0n) is 11.8. The summed E-state index contributed by atoms with van der Waals surface area (Å²) in [5.41, 5.74) is 11.4. The van der Waals surface area contributed by atoms with E-state index in [4.69, 9.17) is 11.5 Å². The minimum absolute atomic E-state index is 0.290. The second-order valence-corrected chi connectivity index (χ2v) is 4.65. The summed E-state index contributed by atoms with van der Waals surface area (Å²) in [4.78, 5) is 15.5. The molecule has 0 spiro atoms. The van der Waals surface area contributed by atoms with Crippen LogP contribution in [0.2, 0.25) is 0 Å². The molecule has 1 amide bonds. The predicted molar refractivity (Wildman–Crippen MR) is 81.5 cm³/mol. The van der Waals surface area contributed by atoms with Gasteiger partial charge in [-0.3, -0.25) is 4.79 Å². The summed E-state index contributed by atoms with van der Waals surface area (Å²) in [6, 6.07) is 7.66. The van der Waals surface area contributed by atoms with Crippen molar-refractivity contribution >= 4 is 22.6 Å². The Balaban J connectivity index is 2.15. The van der Waals surface area contributed by atoms with Gasteiger partial charge in [0.1, 0.15) is 0 Å². The number of carbonyl (C=O) groups is 1. The van der Waals surface area contributed by atoms with Gasteiger partial charge >= 0.3 is 0 Å².